The molecule has 0 radical (unpaired) electrons. The molecule has 0 spiro atoms. The topological polar surface area (TPSA) is 84.7 Å². The van der Waals surface area contributed by atoms with Crippen LogP contribution in [0.5, 0.6) is 11.5 Å². The molecule has 4 rings (SSSR count). The van der Waals surface area contributed by atoms with Crippen molar-refractivity contribution in [3.8, 4) is 17.2 Å². The molecular formula is C21H25N5O4. The molecule has 3 heterocycles. The minimum absolute atomic E-state index is 0.333. The first-order chi connectivity index (χ1) is 14.3. The Balaban J connectivity index is 2.19. The summed E-state index contributed by atoms with van der Waals surface area (Å²) >= 11 is 0. The minimum atomic E-state index is -0.366. The van der Waals surface area contributed by atoms with E-state index in [1.165, 1.54) is 9.13 Å². The Bertz CT molecular complexity index is 1400. The van der Waals surface area contributed by atoms with Crippen LogP contribution >= 0.6 is 0 Å². The molecule has 0 aliphatic heterocycles. The van der Waals surface area contributed by atoms with Crippen LogP contribution in [0.25, 0.3) is 22.6 Å². The fourth-order valence-electron chi connectivity index (χ4n) is 3.93. The molecule has 0 fully saturated rings. The summed E-state index contributed by atoms with van der Waals surface area (Å²) < 4.78 is 17.4. The van der Waals surface area contributed by atoms with E-state index in [1.54, 1.807) is 21.3 Å². The van der Waals surface area contributed by atoms with E-state index in [1.807, 2.05) is 47.9 Å². The maximum absolute atomic E-state index is 13.2. The molecule has 9 heteroatoms. The van der Waals surface area contributed by atoms with E-state index in [9.17, 15) is 9.59 Å². The fourth-order valence-corrected chi connectivity index (χ4v) is 3.93. The molecule has 0 aliphatic rings. The van der Waals surface area contributed by atoms with Crippen LogP contribution in [-0.4, -0.2) is 37.3 Å². The zero-order valence-corrected chi connectivity index (χ0v) is 18.0. The molecule has 1 aromatic carbocycles. The van der Waals surface area contributed by atoms with Crippen LogP contribution in [0.15, 0.2) is 27.8 Å². The smallest absolute Gasteiger partial charge is 0.332 e. The second-order valence-electron chi connectivity index (χ2n) is 7.26. The summed E-state index contributed by atoms with van der Waals surface area (Å²) in [6, 6.07) is 5.51. The molecule has 4 aromatic rings. The van der Waals surface area contributed by atoms with E-state index in [4.69, 9.17) is 14.5 Å². The molecule has 9 nitrogen and oxygen atoms in total. The van der Waals surface area contributed by atoms with E-state index in [0.717, 1.165) is 17.1 Å². The Morgan fingerprint density at radius 1 is 1.07 bits per heavy atom. The maximum atomic E-state index is 13.2. The van der Waals surface area contributed by atoms with Crippen LogP contribution in [0.2, 0.25) is 0 Å². The number of aromatic nitrogens is 5. The lowest BCUT2D eigenvalue weighted by atomic mass is 10.2. The van der Waals surface area contributed by atoms with Gasteiger partial charge in [0.15, 0.2) is 11.2 Å². The zero-order chi connectivity index (χ0) is 21.7. The molecule has 0 unspecified atom stereocenters. The molecule has 0 saturated heterocycles. The number of benzene rings is 1. The van der Waals surface area contributed by atoms with Gasteiger partial charge in [0.05, 0.1) is 19.9 Å². The minimum Gasteiger partial charge on any atom is -0.497 e. The van der Waals surface area contributed by atoms with Crippen molar-refractivity contribution in [1.29, 1.82) is 0 Å². The fraction of sp³-hybridized carbons (Fsp3) is 0.381. The summed E-state index contributed by atoms with van der Waals surface area (Å²) in [7, 11) is 4.84. The highest BCUT2D eigenvalue weighted by molar-refractivity contribution is 5.77. The Hall–Kier alpha value is -3.49. The number of hydrogen-bond acceptors (Lipinski definition) is 5. The van der Waals surface area contributed by atoms with Crippen molar-refractivity contribution in [2.24, 2.45) is 7.05 Å². The first-order valence-electron chi connectivity index (χ1n) is 9.77. The van der Waals surface area contributed by atoms with Gasteiger partial charge in [-0.1, -0.05) is 6.92 Å². The van der Waals surface area contributed by atoms with Crippen molar-refractivity contribution < 1.29 is 9.47 Å². The highest BCUT2D eigenvalue weighted by atomic mass is 16.5. The molecule has 0 atom stereocenters. The molecule has 0 N–H and O–H groups in total. The number of rotatable bonds is 5. The lowest BCUT2D eigenvalue weighted by Crippen LogP contribution is -2.39. The number of imidazole rings is 2. The quantitative estimate of drug-likeness (QED) is 0.503. The summed E-state index contributed by atoms with van der Waals surface area (Å²) in [4.78, 5) is 30.7. The van der Waals surface area contributed by atoms with Crippen LogP contribution in [-0.2, 0) is 13.6 Å². The van der Waals surface area contributed by atoms with Crippen molar-refractivity contribution in [2.45, 2.75) is 33.7 Å². The van der Waals surface area contributed by atoms with Gasteiger partial charge in [0, 0.05) is 31.0 Å². The van der Waals surface area contributed by atoms with Gasteiger partial charge in [-0.15, -0.1) is 0 Å². The number of hydrogen-bond donors (Lipinski definition) is 0. The highest BCUT2D eigenvalue weighted by Gasteiger charge is 2.24. The first kappa shape index (κ1) is 19.8. The van der Waals surface area contributed by atoms with Gasteiger partial charge >= 0.3 is 5.69 Å². The molecule has 0 amide bonds. The number of fused-ring (bicyclic) bond motifs is 3. The number of methoxy groups -OCH3 is 2. The van der Waals surface area contributed by atoms with Gasteiger partial charge in [0.2, 0.25) is 5.78 Å². The molecule has 0 bridgehead atoms. The third-order valence-electron chi connectivity index (χ3n) is 5.59. The van der Waals surface area contributed by atoms with Crippen LogP contribution in [0.3, 0.4) is 0 Å². The first-order valence-corrected chi connectivity index (χ1v) is 9.77. The van der Waals surface area contributed by atoms with Gasteiger partial charge in [-0.3, -0.25) is 22.9 Å². The molecular weight excluding hydrogens is 386 g/mol. The predicted octanol–water partition coefficient (Wildman–Crippen LogP) is 2.18. The number of aryl methyl sites for hydroxylation is 2. The molecule has 158 valence electrons. The summed E-state index contributed by atoms with van der Waals surface area (Å²) in [5, 5.41) is 0. The second-order valence-corrected chi connectivity index (χ2v) is 7.26. The average molecular weight is 411 g/mol. The van der Waals surface area contributed by atoms with Crippen molar-refractivity contribution >= 4 is 16.9 Å². The van der Waals surface area contributed by atoms with Crippen molar-refractivity contribution in [1.82, 2.24) is 23.1 Å². The van der Waals surface area contributed by atoms with Gasteiger partial charge in [-0.05, 0) is 32.4 Å². The molecule has 0 aliphatic carbocycles. The standard InChI is InChI=1S/C21H25N5O4/c1-7-10-24-19(27)17-18(23(4)21(24)28)22-20-25(12(2)13(3)26(17)20)15-11-14(29-5)8-9-16(15)30-6/h8-9,11H,7,10H2,1-6H3. The molecule has 30 heavy (non-hydrogen) atoms. The SMILES string of the molecule is CCCn1c(=O)c2c(nc3n(-c4cc(OC)ccc4OC)c(C)c(C)n23)n(C)c1=O. The zero-order valence-electron chi connectivity index (χ0n) is 18.0. The number of ether oxygens (including phenoxy) is 2. The van der Waals surface area contributed by atoms with Gasteiger partial charge in [-0.25, -0.2) is 4.79 Å². The average Bonchev–Trinajstić information content (AvgIpc) is 3.24. The monoisotopic (exact) mass is 411 g/mol. The normalized spacial score (nSPS) is 11.5. The van der Waals surface area contributed by atoms with Crippen LogP contribution in [0.4, 0.5) is 0 Å². The van der Waals surface area contributed by atoms with E-state index >= 15 is 0 Å². The van der Waals surface area contributed by atoms with E-state index in [2.05, 4.69) is 0 Å². The summed E-state index contributed by atoms with van der Waals surface area (Å²) in [6.45, 7) is 6.18. The van der Waals surface area contributed by atoms with Crippen LogP contribution < -0.4 is 20.7 Å². The number of nitrogens with zero attached hydrogens (tertiary/aromatic N) is 5. The van der Waals surface area contributed by atoms with E-state index in [0.29, 0.717) is 41.4 Å². The summed E-state index contributed by atoms with van der Waals surface area (Å²) in [5.74, 6) is 1.84. The third-order valence-corrected chi connectivity index (χ3v) is 5.59. The Labute approximate surface area is 172 Å². The van der Waals surface area contributed by atoms with Gasteiger partial charge in [-0.2, -0.15) is 4.98 Å². The summed E-state index contributed by atoms with van der Waals surface area (Å²) in [6.07, 6.45) is 0.683. The van der Waals surface area contributed by atoms with Crippen LogP contribution in [0, 0.1) is 13.8 Å². The van der Waals surface area contributed by atoms with Gasteiger partial charge in [0.1, 0.15) is 11.5 Å². The van der Waals surface area contributed by atoms with Crippen molar-refractivity contribution in [2.75, 3.05) is 14.2 Å². The van der Waals surface area contributed by atoms with Gasteiger partial charge < -0.3 is 9.47 Å². The Morgan fingerprint density at radius 3 is 2.43 bits per heavy atom. The second kappa shape index (κ2) is 7.08. The largest absolute Gasteiger partial charge is 0.497 e. The van der Waals surface area contributed by atoms with E-state index < -0.39 is 0 Å². The Morgan fingerprint density at radius 2 is 1.80 bits per heavy atom. The maximum Gasteiger partial charge on any atom is 0.332 e. The van der Waals surface area contributed by atoms with Gasteiger partial charge in [0.25, 0.3) is 5.56 Å². The van der Waals surface area contributed by atoms with Crippen molar-refractivity contribution in [3.63, 3.8) is 0 Å². The molecule has 0 saturated carbocycles. The van der Waals surface area contributed by atoms with E-state index in [-0.39, 0.29) is 11.2 Å². The third kappa shape index (κ3) is 2.58. The lowest BCUT2D eigenvalue weighted by molar-refractivity contribution is 0.401. The summed E-state index contributed by atoms with van der Waals surface area (Å²) in [5.41, 5.74) is 2.54. The lowest BCUT2D eigenvalue weighted by Gasteiger charge is -2.13. The van der Waals surface area contributed by atoms with Crippen molar-refractivity contribution in [3.05, 3.63) is 50.4 Å². The predicted molar refractivity (Wildman–Crippen MR) is 114 cm³/mol. The highest BCUT2D eigenvalue weighted by Crippen LogP contribution is 2.32. The Kier molecular flexibility index (Phi) is 4.68. The van der Waals surface area contributed by atoms with Crippen LogP contribution in [0.1, 0.15) is 24.7 Å². The molecule has 3 aromatic heterocycles.